The quantitative estimate of drug-likeness (QED) is 0.793. The van der Waals surface area contributed by atoms with Crippen LogP contribution in [0, 0.1) is 9.08 Å². The number of aromatic nitrogens is 1. The Labute approximate surface area is 113 Å². The maximum absolute atomic E-state index is 4.16. The number of benzene rings is 1. The van der Waals surface area contributed by atoms with Gasteiger partial charge in [0.05, 0.1) is 5.69 Å². The van der Waals surface area contributed by atoms with E-state index >= 15 is 0 Å². The van der Waals surface area contributed by atoms with Crippen LogP contribution in [0.5, 0.6) is 0 Å². The highest BCUT2D eigenvalue weighted by molar-refractivity contribution is 14.1. The number of rotatable bonds is 4. The molecule has 0 aliphatic heterocycles. The molecule has 1 radical (unpaired) electrons. The highest BCUT2D eigenvalue weighted by atomic mass is 127. The van der Waals surface area contributed by atoms with Crippen LogP contribution in [0.4, 0.5) is 0 Å². The molecule has 0 amide bonds. The molecule has 2 aromatic rings. The Hall–Kier alpha value is -0.460. The lowest BCUT2D eigenvalue weighted by Gasteiger charge is -2.15. The van der Waals surface area contributed by atoms with Gasteiger partial charge in [-0.05, 0) is 47.3 Å². The van der Waals surface area contributed by atoms with E-state index in [1.807, 2.05) is 5.38 Å². The maximum Gasteiger partial charge on any atom is 0.152 e. The molecule has 0 atom stereocenters. The average Bonchev–Trinajstić information content (AvgIpc) is 2.74. The molecule has 0 N–H and O–H groups in total. The van der Waals surface area contributed by atoms with E-state index in [1.54, 1.807) is 0 Å². The standard InChI is InChI=1S/C12H12IN2S/c1-15(7-12-8-16-9-14-12)6-10-2-4-11(13)5-3-10/h2-5,8H,6-7H2,1H3. The van der Waals surface area contributed by atoms with Gasteiger partial charge in [0.15, 0.2) is 5.51 Å². The third-order valence-corrected chi connectivity index (χ3v) is 3.54. The molecule has 0 bridgehead atoms. The Morgan fingerprint density at radius 1 is 1.31 bits per heavy atom. The van der Waals surface area contributed by atoms with E-state index in [-0.39, 0.29) is 0 Å². The molecule has 0 unspecified atom stereocenters. The van der Waals surface area contributed by atoms with Crippen molar-refractivity contribution in [3.63, 3.8) is 0 Å². The van der Waals surface area contributed by atoms with Gasteiger partial charge in [-0.25, -0.2) is 4.98 Å². The summed E-state index contributed by atoms with van der Waals surface area (Å²) in [6.45, 7) is 1.83. The molecule has 2 nitrogen and oxygen atoms in total. The zero-order valence-corrected chi connectivity index (χ0v) is 12.0. The van der Waals surface area contributed by atoms with E-state index in [0.29, 0.717) is 0 Å². The molecule has 0 saturated carbocycles. The van der Waals surface area contributed by atoms with E-state index in [2.05, 4.69) is 69.3 Å². The largest absolute Gasteiger partial charge is 0.296 e. The van der Waals surface area contributed by atoms with Gasteiger partial charge in [-0.15, -0.1) is 11.3 Å². The summed E-state index contributed by atoms with van der Waals surface area (Å²) in [6.07, 6.45) is 0. The minimum atomic E-state index is 0.881. The lowest BCUT2D eigenvalue weighted by molar-refractivity contribution is 0.315. The van der Waals surface area contributed by atoms with Crippen LogP contribution in [-0.4, -0.2) is 16.9 Å². The first-order valence-corrected chi connectivity index (χ1v) is 6.93. The van der Waals surface area contributed by atoms with Crippen LogP contribution >= 0.6 is 33.9 Å². The summed E-state index contributed by atoms with van der Waals surface area (Å²) in [5.41, 5.74) is 5.30. The lowest BCUT2D eigenvalue weighted by atomic mass is 10.2. The topological polar surface area (TPSA) is 16.1 Å². The normalized spacial score (nSPS) is 10.9. The van der Waals surface area contributed by atoms with Crippen molar-refractivity contribution >= 4 is 33.9 Å². The van der Waals surface area contributed by atoms with Gasteiger partial charge in [-0.3, -0.25) is 4.90 Å². The van der Waals surface area contributed by atoms with Gasteiger partial charge in [-0.1, -0.05) is 12.1 Å². The van der Waals surface area contributed by atoms with Crippen LogP contribution < -0.4 is 0 Å². The first-order valence-electron chi connectivity index (χ1n) is 4.97. The van der Waals surface area contributed by atoms with Crippen molar-refractivity contribution in [3.8, 4) is 0 Å². The summed E-state index contributed by atoms with van der Waals surface area (Å²) in [4.78, 5) is 6.42. The molecule has 0 spiro atoms. The lowest BCUT2D eigenvalue weighted by Crippen LogP contribution is -2.17. The second-order valence-corrected chi connectivity index (χ2v) is 5.63. The van der Waals surface area contributed by atoms with Gasteiger partial charge in [0.25, 0.3) is 0 Å². The number of hydrogen-bond donors (Lipinski definition) is 0. The Kier molecular flexibility index (Phi) is 4.31. The fraction of sp³-hybridized carbons (Fsp3) is 0.250. The van der Waals surface area contributed by atoms with Crippen LogP contribution in [-0.2, 0) is 13.1 Å². The van der Waals surface area contributed by atoms with E-state index in [9.17, 15) is 0 Å². The van der Waals surface area contributed by atoms with E-state index in [0.717, 1.165) is 18.8 Å². The molecule has 83 valence electrons. The summed E-state index contributed by atoms with van der Waals surface area (Å²) in [6, 6.07) is 8.62. The number of nitrogens with zero attached hydrogens (tertiary/aromatic N) is 2. The summed E-state index contributed by atoms with van der Waals surface area (Å²) in [5.74, 6) is 0. The summed E-state index contributed by atoms with van der Waals surface area (Å²) in [7, 11) is 2.11. The zero-order chi connectivity index (χ0) is 11.4. The molecule has 4 heteroatoms. The Morgan fingerprint density at radius 2 is 2.06 bits per heavy atom. The van der Waals surface area contributed by atoms with Crippen molar-refractivity contribution in [2.75, 3.05) is 7.05 Å². The minimum absolute atomic E-state index is 0.881. The molecule has 1 heterocycles. The number of thiazole rings is 1. The van der Waals surface area contributed by atoms with E-state index in [1.165, 1.54) is 20.5 Å². The Bertz CT molecular complexity index is 425. The van der Waals surface area contributed by atoms with Crippen molar-refractivity contribution < 1.29 is 0 Å². The first-order chi connectivity index (χ1) is 7.74. The summed E-state index contributed by atoms with van der Waals surface area (Å²) >= 11 is 3.85. The highest BCUT2D eigenvalue weighted by Crippen LogP contribution is 2.10. The van der Waals surface area contributed by atoms with Crippen LogP contribution in [0.2, 0.25) is 0 Å². The molecule has 0 aliphatic carbocycles. The predicted octanol–water partition coefficient (Wildman–Crippen LogP) is 3.18. The van der Waals surface area contributed by atoms with Crippen molar-refractivity contribution in [1.29, 1.82) is 0 Å². The molecule has 1 aromatic carbocycles. The van der Waals surface area contributed by atoms with Gasteiger partial charge < -0.3 is 0 Å². The van der Waals surface area contributed by atoms with E-state index in [4.69, 9.17) is 0 Å². The smallest absolute Gasteiger partial charge is 0.152 e. The monoisotopic (exact) mass is 343 g/mol. The molecule has 0 aliphatic rings. The predicted molar refractivity (Wildman–Crippen MR) is 75.3 cm³/mol. The molecule has 2 rings (SSSR count). The zero-order valence-electron chi connectivity index (χ0n) is 8.98. The molecular formula is C12H12IN2S. The Morgan fingerprint density at radius 3 is 2.69 bits per heavy atom. The van der Waals surface area contributed by atoms with Gasteiger partial charge in [0.1, 0.15) is 0 Å². The second kappa shape index (κ2) is 5.75. The SMILES string of the molecule is CN(Cc1ccc(I)cc1)Cc1cs[c]n1. The fourth-order valence-corrected chi connectivity index (χ4v) is 2.36. The third kappa shape index (κ3) is 3.54. The Balaban J connectivity index is 1.92. The average molecular weight is 343 g/mol. The molecule has 16 heavy (non-hydrogen) atoms. The molecular weight excluding hydrogens is 331 g/mol. The van der Waals surface area contributed by atoms with Crippen molar-refractivity contribution in [3.05, 3.63) is 50.0 Å². The van der Waals surface area contributed by atoms with Crippen LogP contribution in [0.1, 0.15) is 11.3 Å². The molecule has 0 fully saturated rings. The van der Waals surface area contributed by atoms with E-state index < -0.39 is 0 Å². The van der Waals surface area contributed by atoms with Gasteiger partial charge in [0, 0.05) is 22.0 Å². The van der Waals surface area contributed by atoms with Crippen molar-refractivity contribution in [2.45, 2.75) is 13.1 Å². The fourth-order valence-electron chi connectivity index (χ4n) is 1.51. The first kappa shape index (κ1) is 12.0. The molecule has 0 saturated heterocycles. The third-order valence-electron chi connectivity index (χ3n) is 2.23. The summed E-state index contributed by atoms with van der Waals surface area (Å²) < 4.78 is 1.28. The minimum Gasteiger partial charge on any atom is -0.296 e. The van der Waals surface area contributed by atoms with Gasteiger partial charge in [0.2, 0.25) is 0 Å². The van der Waals surface area contributed by atoms with Gasteiger partial charge in [-0.2, -0.15) is 0 Å². The maximum atomic E-state index is 4.16. The van der Waals surface area contributed by atoms with Crippen LogP contribution in [0.15, 0.2) is 29.6 Å². The second-order valence-electron chi connectivity index (χ2n) is 3.73. The summed E-state index contributed by atoms with van der Waals surface area (Å²) in [5, 5.41) is 2.05. The van der Waals surface area contributed by atoms with Crippen molar-refractivity contribution in [1.82, 2.24) is 9.88 Å². The van der Waals surface area contributed by atoms with Crippen molar-refractivity contribution in [2.24, 2.45) is 0 Å². The number of halogens is 1. The van der Waals surface area contributed by atoms with Crippen LogP contribution in [0.25, 0.3) is 0 Å². The number of hydrogen-bond acceptors (Lipinski definition) is 3. The van der Waals surface area contributed by atoms with Gasteiger partial charge >= 0.3 is 0 Å². The van der Waals surface area contributed by atoms with Crippen LogP contribution in [0.3, 0.4) is 0 Å². The highest BCUT2D eigenvalue weighted by Gasteiger charge is 2.03. The molecule has 1 aromatic heterocycles.